The number of nitrogens with zero attached hydrogens (tertiary/aromatic N) is 1. The molecule has 0 spiro atoms. The molecule has 0 heterocycles. The van der Waals surface area contributed by atoms with Crippen molar-refractivity contribution < 1.29 is 19.0 Å². The average Bonchev–Trinajstić information content (AvgIpc) is 2.60. The Balaban J connectivity index is 2.30. The summed E-state index contributed by atoms with van der Waals surface area (Å²) in [7, 11) is 0. The number of ether oxygens (including phenoxy) is 3. The van der Waals surface area contributed by atoms with Crippen LogP contribution in [0.4, 0.5) is 0 Å². The molecule has 0 unspecified atom stereocenters. The summed E-state index contributed by atoms with van der Waals surface area (Å²) in [6, 6.07) is 3.27. The lowest BCUT2D eigenvalue weighted by molar-refractivity contribution is -0.00396. The van der Waals surface area contributed by atoms with E-state index in [4.69, 9.17) is 65.5 Å². The second-order valence-corrected chi connectivity index (χ2v) is 8.91. The average molecular weight is 487 g/mol. The van der Waals surface area contributed by atoms with Crippen molar-refractivity contribution in [2.45, 2.75) is 52.6 Å². The van der Waals surface area contributed by atoms with E-state index in [0.29, 0.717) is 40.7 Å². The van der Waals surface area contributed by atoms with E-state index < -0.39 is 0 Å². The fraction of sp³-hybridized carbons (Fsp3) is 0.550. The first-order valence-corrected chi connectivity index (χ1v) is 10.7. The van der Waals surface area contributed by atoms with Gasteiger partial charge < -0.3 is 19.0 Å². The first kappa shape index (κ1) is 26.0. The van der Waals surface area contributed by atoms with Gasteiger partial charge in [-0.3, -0.25) is 0 Å². The Hall–Kier alpha value is -1.01. The highest BCUT2D eigenvalue weighted by Gasteiger charge is 2.11. The lowest BCUT2D eigenvalue weighted by Gasteiger charge is -2.16. The summed E-state index contributed by atoms with van der Waals surface area (Å²) in [4.78, 5) is 5.29. The number of unbranched alkanes of at least 4 members (excludes halogenated alkanes) is 2. The smallest absolute Gasteiger partial charge is 0.222 e. The van der Waals surface area contributed by atoms with Crippen molar-refractivity contribution in [3.05, 3.63) is 32.7 Å². The van der Waals surface area contributed by atoms with Crippen LogP contribution >= 0.6 is 46.4 Å². The Labute approximate surface area is 192 Å². The van der Waals surface area contributed by atoms with Crippen molar-refractivity contribution in [3.63, 3.8) is 0 Å². The molecule has 0 aromatic heterocycles. The number of hydrogen-bond donors (Lipinski definition) is 0. The van der Waals surface area contributed by atoms with Gasteiger partial charge in [-0.25, -0.2) is 0 Å². The van der Waals surface area contributed by atoms with Crippen LogP contribution in [-0.2, 0) is 9.57 Å². The Morgan fingerprint density at radius 1 is 1.00 bits per heavy atom. The summed E-state index contributed by atoms with van der Waals surface area (Å²) in [5.74, 6) is 1.45. The van der Waals surface area contributed by atoms with Crippen LogP contribution in [0.1, 0.15) is 47.0 Å². The van der Waals surface area contributed by atoms with Gasteiger partial charge in [-0.15, -0.1) is 0 Å². The molecule has 5 nitrogen and oxygen atoms in total. The van der Waals surface area contributed by atoms with Gasteiger partial charge in [0.25, 0.3) is 0 Å². The fourth-order valence-electron chi connectivity index (χ4n) is 1.96. The van der Waals surface area contributed by atoms with Gasteiger partial charge in [0.2, 0.25) is 5.90 Å². The summed E-state index contributed by atoms with van der Waals surface area (Å²) in [6.07, 6.45) is 4.15. The number of oxime groups is 1. The number of hydrogen-bond acceptors (Lipinski definition) is 5. The molecular weight excluding hydrogens is 460 g/mol. The summed E-state index contributed by atoms with van der Waals surface area (Å²) in [5, 5.41) is 4.69. The molecule has 0 fully saturated rings. The monoisotopic (exact) mass is 485 g/mol. The summed E-state index contributed by atoms with van der Waals surface area (Å²) < 4.78 is 16.8. The van der Waals surface area contributed by atoms with E-state index in [2.05, 4.69) is 5.16 Å². The summed E-state index contributed by atoms with van der Waals surface area (Å²) in [6.45, 7) is 8.83. The van der Waals surface area contributed by atoms with Crippen molar-refractivity contribution in [1.29, 1.82) is 0 Å². The highest BCUT2D eigenvalue weighted by atomic mass is 35.5. The highest BCUT2D eigenvalue weighted by molar-refractivity contribution is 6.55. The SMILES string of the molecule is CC(=NOC(C)(C)C)OCCCCCOc1c(Cl)cc(OCC=C(Cl)Cl)cc1Cl. The molecular formula is C20H27Cl4NO4. The second-order valence-electron chi connectivity index (χ2n) is 7.09. The normalized spacial score (nSPS) is 11.8. The molecule has 0 bridgehead atoms. The lowest BCUT2D eigenvalue weighted by Crippen LogP contribution is -2.17. The topological polar surface area (TPSA) is 49.3 Å². The molecule has 1 rings (SSSR count). The maximum atomic E-state index is 6.23. The molecule has 0 saturated carbocycles. The van der Waals surface area contributed by atoms with Crippen LogP contribution in [0.3, 0.4) is 0 Å². The maximum absolute atomic E-state index is 6.23. The molecule has 0 saturated heterocycles. The molecule has 1 aromatic carbocycles. The van der Waals surface area contributed by atoms with Gasteiger partial charge in [0.1, 0.15) is 22.4 Å². The van der Waals surface area contributed by atoms with Crippen LogP contribution in [0.25, 0.3) is 0 Å². The molecule has 9 heteroatoms. The van der Waals surface area contributed by atoms with Crippen molar-refractivity contribution in [1.82, 2.24) is 0 Å². The van der Waals surface area contributed by atoms with E-state index in [1.54, 1.807) is 19.1 Å². The number of halogens is 4. The van der Waals surface area contributed by atoms with Crippen molar-refractivity contribution >= 4 is 52.3 Å². The number of benzene rings is 1. The third-order valence-electron chi connectivity index (χ3n) is 3.25. The minimum absolute atomic E-state index is 0.133. The highest BCUT2D eigenvalue weighted by Crippen LogP contribution is 2.37. The third kappa shape index (κ3) is 12.3. The van der Waals surface area contributed by atoms with Gasteiger partial charge in [-0.1, -0.05) is 51.6 Å². The second kappa shape index (κ2) is 13.3. The summed E-state index contributed by atoms with van der Waals surface area (Å²) in [5.41, 5.74) is -0.330. The van der Waals surface area contributed by atoms with Gasteiger partial charge in [0.15, 0.2) is 5.75 Å². The molecule has 29 heavy (non-hydrogen) atoms. The number of rotatable bonds is 11. The van der Waals surface area contributed by atoms with E-state index in [9.17, 15) is 0 Å². The molecule has 0 amide bonds. The fourth-order valence-corrected chi connectivity index (χ4v) is 2.66. The predicted molar refractivity (Wildman–Crippen MR) is 121 cm³/mol. The van der Waals surface area contributed by atoms with E-state index >= 15 is 0 Å². The Kier molecular flexibility index (Phi) is 12.0. The molecule has 0 atom stereocenters. The Morgan fingerprint density at radius 2 is 1.62 bits per heavy atom. The van der Waals surface area contributed by atoms with E-state index in [1.165, 1.54) is 6.08 Å². The van der Waals surface area contributed by atoms with E-state index in [0.717, 1.165) is 19.3 Å². The van der Waals surface area contributed by atoms with Crippen molar-refractivity contribution in [2.75, 3.05) is 19.8 Å². The van der Waals surface area contributed by atoms with Crippen LogP contribution in [0.5, 0.6) is 11.5 Å². The first-order valence-electron chi connectivity index (χ1n) is 9.20. The molecule has 0 aliphatic carbocycles. The molecule has 164 valence electrons. The largest absolute Gasteiger partial charge is 0.490 e. The standard InChI is InChI=1S/C20H27Cl4NO4/c1-14(25-29-20(2,3)4)26-9-6-5-7-10-28-19-16(21)12-15(13-17(19)22)27-11-8-18(23)24/h8,12-13H,5-7,9-11H2,1-4H3. The third-order valence-corrected chi connectivity index (χ3v) is 4.12. The van der Waals surface area contributed by atoms with E-state index in [-0.39, 0.29) is 16.7 Å². The van der Waals surface area contributed by atoms with Gasteiger partial charge >= 0.3 is 0 Å². The van der Waals surface area contributed by atoms with Crippen LogP contribution in [0, 0.1) is 0 Å². The van der Waals surface area contributed by atoms with Crippen LogP contribution in [0.2, 0.25) is 10.0 Å². The zero-order chi connectivity index (χ0) is 21.9. The van der Waals surface area contributed by atoms with Crippen LogP contribution in [-0.4, -0.2) is 31.3 Å². The van der Waals surface area contributed by atoms with Gasteiger partial charge in [-0.2, -0.15) is 0 Å². The molecule has 0 radical (unpaired) electrons. The van der Waals surface area contributed by atoms with E-state index in [1.807, 2.05) is 20.8 Å². The van der Waals surface area contributed by atoms with Crippen molar-refractivity contribution in [3.8, 4) is 11.5 Å². The molecule has 0 aliphatic rings. The molecule has 0 N–H and O–H groups in total. The van der Waals surface area contributed by atoms with Gasteiger partial charge in [0, 0.05) is 19.1 Å². The van der Waals surface area contributed by atoms with Gasteiger partial charge in [0.05, 0.1) is 23.3 Å². The first-order chi connectivity index (χ1) is 13.6. The van der Waals surface area contributed by atoms with Crippen LogP contribution in [0.15, 0.2) is 27.9 Å². The Morgan fingerprint density at radius 3 is 2.21 bits per heavy atom. The van der Waals surface area contributed by atoms with Crippen LogP contribution < -0.4 is 9.47 Å². The zero-order valence-corrected chi connectivity index (χ0v) is 20.1. The Bertz CT molecular complexity index is 675. The quantitative estimate of drug-likeness (QED) is 0.141. The minimum atomic E-state index is -0.330. The predicted octanol–water partition coefficient (Wildman–Crippen LogP) is 7.41. The zero-order valence-electron chi connectivity index (χ0n) is 17.1. The molecule has 1 aromatic rings. The maximum Gasteiger partial charge on any atom is 0.222 e. The molecule has 0 aliphatic heterocycles. The van der Waals surface area contributed by atoms with Crippen molar-refractivity contribution in [2.24, 2.45) is 5.16 Å². The summed E-state index contributed by atoms with van der Waals surface area (Å²) >= 11 is 23.5. The van der Waals surface area contributed by atoms with Gasteiger partial charge in [-0.05, 0) is 46.1 Å². The lowest BCUT2D eigenvalue weighted by atomic mass is 10.2. The minimum Gasteiger partial charge on any atom is -0.490 e.